The molecule has 0 saturated heterocycles. The fourth-order valence-corrected chi connectivity index (χ4v) is 2.27. The third-order valence-corrected chi connectivity index (χ3v) is 4.15. The zero-order chi connectivity index (χ0) is 12.9. The van der Waals surface area contributed by atoms with Crippen LogP contribution in [-0.2, 0) is 0 Å². The Balaban J connectivity index is 2.95. The molecule has 0 aromatic heterocycles. The molecule has 0 aliphatic carbocycles. The minimum atomic E-state index is -1.41. The molecule has 1 nitrogen and oxygen atoms in total. The first-order chi connectivity index (χ1) is 7.97. The molecule has 0 atom stereocenters. The van der Waals surface area contributed by atoms with Gasteiger partial charge in [0.05, 0.1) is 15.2 Å². The molecule has 88 valence electrons. The molecule has 1 aromatic carbocycles. The van der Waals surface area contributed by atoms with Gasteiger partial charge in [-0.05, 0) is 24.3 Å². The van der Waals surface area contributed by atoms with Gasteiger partial charge in [0.15, 0.2) is 0 Å². The van der Waals surface area contributed by atoms with Crippen molar-refractivity contribution in [3.63, 3.8) is 0 Å². The largest absolute Gasteiger partial charge is 0.497 e. The van der Waals surface area contributed by atoms with Crippen LogP contribution in [0.1, 0.15) is 5.56 Å². The van der Waals surface area contributed by atoms with Crippen LogP contribution in [0.15, 0.2) is 41.8 Å². The first kappa shape index (κ1) is 13.4. The van der Waals surface area contributed by atoms with Crippen LogP contribution >= 0.6 is 0 Å². The topological polar surface area (TPSA) is 9.23 Å². The predicted octanol–water partition coefficient (Wildman–Crippen LogP) is 3.64. The zero-order valence-corrected chi connectivity index (χ0v) is 11.9. The van der Waals surface area contributed by atoms with Crippen LogP contribution in [0.3, 0.4) is 0 Å². The number of rotatable bonds is 2. The minimum absolute atomic E-state index is 0.847. The summed E-state index contributed by atoms with van der Waals surface area (Å²) in [7, 11) is 0.244. The van der Waals surface area contributed by atoms with Crippen LogP contribution in [0.5, 0.6) is 5.75 Å². The fourth-order valence-electron chi connectivity index (χ4n) is 1.31. The first-order valence-corrected chi connectivity index (χ1v) is 9.04. The summed E-state index contributed by atoms with van der Waals surface area (Å²) in [6.07, 6.45) is 0. The van der Waals surface area contributed by atoms with Crippen molar-refractivity contribution in [1.82, 2.24) is 0 Å². The van der Waals surface area contributed by atoms with E-state index in [4.69, 9.17) is 4.74 Å². The summed E-state index contributed by atoms with van der Waals surface area (Å²) in [6, 6.07) is 7.74. The molecule has 0 amide bonds. The van der Waals surface area contributed by atoms with Crippen LogP contribution < -0.4 is 4.74 Å². The minimum Gasteiger partial charge on any atom is -0.497 e. The highest BCUT2D eigenvalue weighted by Crippen LogP contribution is 2.13. The van der Waals surface area contributed by atoms with E-state index in [0.29, 0.717) is 0 Å². The molecule has 17 heavy (non-hydrogen) atoms. The van der Waals surface area contributed by atoms with Crippen molar-refractivity contribution in [2.75, 3.05) is 7.11 Å². The summed E-state index contributed by atoms with van der Waals surface area (Å²) >= 11 is 0. The van der Waals surface area contributed by atoms with Gasteiger partial charge in [-0.25, -0.2) is 0 Å². The summed E-state index contributed by atoms with van der Waals surface area (Å²) in [5.74, 6) is 7.17. The fraction of sp³-hybridized carbons (Fsp3) is 0.267. The SMILES string of the molecule is C=C=C(C#Cc1ccc(OC)cc1)[Si](C)(C)C. The molecule has 1 aromatic rings. The summed E-state index contributed by atoms with van der Waals surface area (Å²) in [5.41, 5.74) is 3.95. The molecule has 0 unspecified atom stereocenters. The number of ether oxygens (including phenoxy) is 1. The maximum absolute atomic E-state index is 5.10. The summed E-state index contributed by atoms with van der Waals surface area (Å²) in [4.78, 5) is 0. The van der Waals surface area contributed by atoms with Crippen molar-refractivity contribution in [3.8, 4) is 17.6 Å². The van der Waals surface area contributed by atoms with Gasteiger partial charge in [0.25, 0.3) is 0 Å². The van der Waals surface area contributed by atoms with Gasteiger partial charge >= 0.3 is 0 Å². The maximum atomic E-state index is 5.10. The highest BCUT2D eigenvalue weighted by atomic mass is 28.3. The van der Waals surface area contributed by atoms with Gasteiger partial charge in [0, 0.05) is 10.8 Å². The number of hydrogen-bond donors (Lipinski definition) is 0. The van der Waals surface area contributed by atoms with Crippen molar-refractivity contribution < 1.29 is 4.74 Å². The van der Waals surface area contributed by atoms with Gasteiger partial charge in [-0.3, -0.25) is 0 Å². The Labute approximate surface area is 105 Å². The van der Waals surface area contributed by atoms with Crippen LogP contribution in [-0.4, -0.2) is 15.2 Å². The summed E-state index contributed by atoms with van der Waals surface area (Å²) in [5, 5.41) is 1.06. The van der Waals surface area contributed by atoms with E-state index in [-0.39, 0.29) is 0 Å². The van der Waals surface area contributed by atoms with Gasteiger partial charge in [-0.15, -0.1) is 5.73 Å². The lowest BCUT2D eigenvalue weighted by Crippen LogP contribution is -2.22. The molecule has 0 fully saturated rings. The van der Waals surface area contributed by atoms with Crippen LogP contribution in [0, 0.1) is 11.8 Å². The van der Waals surface area contributed by atoms with Crippen LogP contribution in [0.4, 0.5) is 0 Å². The van der Waals surface area contributed by atoms with Crippen molar-refractivity contribution >= 4 is 8.07 Å². The number of benzene rings is 1. The van der Waals surface area contributed by atoms with Crippen molar-refractivity contribution in [2.45, 2.75) is 19.6 Å². The zero-order valence-electron chi connectivity index (χ0n) is 10.9. The predicted molar refractivity (Wildman–Crippen MR) is 75.9 cm³/mol. The number of allylic oxidation sites excluding steroid dienone is 1. The summed E-state index contributed by atoms with van der Waals surface area (Å²) < 4.78 is 5.10. The average molecular weight is 242 g/mol. The molecular formula is C15H18OSi. The Hall–Kier alpha value is -1.68. The Morgan fingerprint density at radius 1 is 1.18 bits per heavy atom. The quantitative estimate of drug-likeness (QED) is 0.437. The number of hydrogen-bond acceptors (Lipinski definition) is 1. The Morgan fingerprint density at radius 2 is 1.76 bits per heavy atom. The van der Waals surface area contributed by atoms with E-state index in [1.165, 1.54) is 0 Å². The Bertz CT molecular complexity index is 488. The highest BCUT2D eigenvalue weighted by Gasteiger charge is 2.17. The molecule has 1 rings (SSSR count). The molecule has 0 spiro atoms. The lowest BCUT2D eigenvalue weighted by atomic mass is 10.2. The molecule has 0 aliphatic rings. The monoisotopic (exact) mass is 242 g/mol. The van der Waals surface area contributed by atoms with Crippen LogP contribution in [0.2, 0.25) is 19.6 Å². The lowest BCUT2D eigenvalue weighted by molar-refractivity contribution is 0.415. The van der Waals surface area contributed by atoms with E-state index in [2.05, 4.69) is 43.8 Å². The van der Waals surface area contributed by atoms with E-state index in [1.807, 2.05) is 24.3 Å². The molecule has 0 saturated carbocycles. The maximum Gasteiger partial charge on any atom is 0.118 e. The van der Waals surface area contributed by atoms with Crippen molar-refractivity contribution in [1.29, 1.82) is 0 Å². The van der Waals surface area contributed by atoms with Gasteiger partial charge < -0.3 is 4.74 Å². The smallest absolute Gasteiger partial charge is 0.118 e. The third kappa shape index (κ3) is 3.99. The second-order valence-corrected chi connectivity index (χ2v) is 9.78. The van der Waals surface area contributed by atoms with Crippen molar-refractivity contribution in [2.24, 2.45) is 0 Å². The van der Waals surface area contributed by atoms with E-state index >= 15 is 0 Å². The van der Waals surface area contributed by atoms with Crippen LogP contribution in [0.25, 0.3) is 0 Å². The average Bonchev–Trinajstić information content (AvgIpc) is 2.29. The molecule has 0 N–H and O–H groups in total. The molecule has 0 radical (unpaired) electrons. The second-order valence-electron chi connectivity index (χ2n) is 4.78. The molecular weight excluding hydrogens is 224 g/mol. The Morgan fingerprint density at radius 3 is 2.18 bits per heavy atom. The first-order valence-electron chi connectivity index (χ1n) is 5.54. The van der Waals surface area contributed by atoms with E-state index in [9.17, 15) is 0 Å². The normalized spacial score (nSPS) is 9.88. The third-order valence-electron chi connectivity index (χ3n) is 2.35. The second kappa shape index (κ2) is 5.59. The van der Waals surface area contributed by atoms with E-state index in [0.717, 1.165) is 16.5 Å². The molecule has 0 bridgehead atoms. The van der Waals surface area contributed by atoms with E-state index < -0.39 is 8.07 Å². The standard InChI is InChI=1S/C15H18OSi/c1-6-15(17(3,4)5)12-9-13-7-10-14(16-2)11-8-13/h7-8,10-11H,1H2,2-5H3. The molecule has 0 aliphatic heterocycles. The highest BCUT2D eigenvalue weighted by molar-refractivity contribution is 6.84. The van der Waals surface area contributed by atoms with E-state index in [1.54, 1.807) is 7.11 Å². The number of methoxy groups -OCH3 is 1. The van der Waals surface area contributed by atoms with Crippen molar-refractivity contribution in [3.05, 3.63) is 47.3 Å². The lowest BCUT2D eigenvalue weighted by Gasteiger charge is -2.12. The van der Waals surface area contributed by atoms with Gasteiger partial charge in [0.2, 0.25) is 0 Å². The van der Waals surface area contributed by atoms with Gasteiger partial charge in [-0.2, -0.15) is 0 Å². The van der Waals surface area contributed by atoms with Gasteiger partial charge in [-0.1, -0.05) is 38.1 Å². The summed E-state index contributed by atoms with van der Waals surface area (Å²) in [6.45, 7) is 10.4. The molecule has 2 heteroatoms. The molecule has 0 heterocycles. The van der Waals surface area contributed by atoms with Gasteiger partial charge in [0.1, 0.15) is 5.75 Å². The Kier molecular flexibility index (Phi) is 4.40.